The average molecular weight is 299 g/mol. The van der Waals surface area contributed by atoms with Crippen molar-refractivity contribution in [3.63, 3.8) is 0 Å². The molecule has 2 aliphatic rings. The first-order valence-electron chi connectivity index (χ1n) is 7.76. The number of carboxylic acid groups (broad SMARTS) is 1. The number of anilines is 1. The van der Waals surface area contributed by atoms with Crippen LogP contribution >= 0.6 is 0 Å². The van der Waals surface area contributed by atoms with Crippen LogP contribution in [-0.2, 0) is 16.0 Å². The lowest BCUT2D eigenvalue weighted by Gasteiger charge is -2.32. The van der Waals surface area contributed by atoms with Crippen molar-refractivity contribution in [2.45, 2.75) is 33.1 Å². The van der Waals surface area contributed by atoms with Crippen LogP contribution in [0.4, 0.5) is 5.69 Å². The topological polar surface area (TPSA) is 57.6 Å². The maximum absolute atomic E-state index is 13.0. The molecule has 1 heterocycles. The molecular weight excluding hydrogens is 278 g/mol. The van der Waals surface area contributed by atoms with Crippen LogP contribution in [0.5, 0.6) is 0 Å². The lowest BCUT2D eigenvalue weighted by Crippen LogP contribution is -2.42. The minimum absolute atomic E-state index is 0.0378. The van der Waals surface area contributed by atoms with E-state index in [9.17, 15) is 14.7 Å². The van der Waals surface area contributed by atoms with Crippen LogP contribution in [-0.4, -0.2) is 23.5 Å². The molecule has 1 aromatic rings. The number of para-hydroxylation sites is 1. The molecule has 4 nitrogen and oxygen atoms in total. The first-order chi connectivity index (χ1) is 10.5. The van der Waals surface area contributed by atoms with Gasteiger partial charge in [-0.1, -0.05) is 29.3 Å². The molecule has 3 rings (SSSR count). The van der Waals surface area contributed by atoms with Crippen LogP contribution < -0.4 is 4.90 Å². The van der Waals surface area contributed by atoms with E-state index in [0.29, 0.717) is 19.4 Å². The number of carbonyl (C=O) groups is 2. The summed E-state index contributed by atoms with van der Waals surface area (Å²) in [5.74, 6) is -1.96. The van der Waals surface area contributed by atoms with Crippen molar-refractivity contribution in [2.24, 2.45) is 11.8 Å². The van der Waals surface area contributed by atoms with E-state index in [-0.39, 0.29) is 5.91 Å². The Morgan fingerprint density at radius 3 is 2.41 bits per heavy atom. The van der Waals surface area contributed by atoms with E-state index in [0.717, 1.165) is 23.3 Å². The summed E-state index contributed by atoms with van der Waals surface area (Å²) in [6.45, 7) is 4.63. The van der Waals surface area contributed by atoms with Crippen LogP contribution in [0.3, 0.4) is 0 Å². The van der Waals surface area contributed by atoms with Crippen LogP contribution in [0.2, 0.25) is 0 Å². The number of hydrogen-bond donors (Lipinski definition) is 1. The molecule has 2 atom stereocenters. The molecule has 1 N–H and O–H groups in total. The lowest BCUT2D eigenvalue weighted by molar-refractivity contribution is -0.147. The Balaban J connectivity index is 1.90. The Kier molecular flexibility index (Phi) is 3.77. The minimum atomic E-state index is -0.863. The Morgan fingerprint density at radius 1 is 1.09 bits per heavy atom. The maximum Gasteiger partial charge on any atom is 0.307 e. The van der Waals surface area contributed by atoms with E-state index >= 15 is 0 Å². The average Bonchev–Trinajstić information content (AvgIpc) is 2.92. The van der Waals surface area contributed by atoms with Gasteiger partial charge in [-0.05, 0) is 44.7 Å². The molecule has 116 valence electrons. The second-order valence-corrected chi connectivity index (χ2v) is 6.39. The molecule has 1 aliphatic carbocycles. The predicted octanol–water partition coefficient (Wildman–Crippen LogP) is 3.02. The van der Waals surface area contributed by atoms with Crippen LogP contribution in [0.15, 0.2) is 35.4 Å². The van der Waals surface area contributed by atoms with Gasteiger partial charge >= 0.3 is 5.97 Å². The van der Waals surface area contributed by atoms with E-state index in [4.69, 9.17) is 0 Å². The van der Waals surface area contributed by atoms with Crippen LogP contribution in [0, 0.1) is 11.8 Å². The van der Waals surface area contributed by atoms with E-state index < -0.39 is 17.8 Å². The Bertz CT molecular complexity index is 662. The zero-order valence-corrected chi connectivity index (χ0v) is 13.0. The number of carbonyl (C=O) groups excluding carboxylic acids is 1. The third-order valence-electron chi connectivity index (χ3n) is 5.05. The van der Waals surface area contributed by atoms with Gasteiger partial charge in [0.05, 0.1) is 11.8 Å². The van der Waals surface area contributed by atoms with E-state index in [1.165, 1.54) is 5.56 Å². The van der Waals surface area contributed by atoms with Crippen molar-refractivity contribution in [3.05, 3.63) is 41.0 Å². The molecule has 1 aliphatic heterocycles. The van der Waals surface area contributed by atoms with Crippen molar-refractivity contribution in [3.8, 4) is 0 Å². The smallest absolute Gasteiger partial charge is 0.307 e. The van der Waals surface area contributed by atoms with E-state index in [1.54, 1.807) is 4.90 Å². The summed E-state index contributed by atoms with van der Waals surface area (Å²) < 4.78 is 0. The molecule has 22 heavy (non-hydrogen) atoms. The summed E-state index contributed by atoms with van der Waals surface area (Å²) in [6.07, 6.45) is 1.88. The number of rotatable bonds is 2. The Hall–Kier alpha value is -2.10. The number of benzene rings is 1. The largest absolute Gasteiger partial charge is 0.481 e. The number of hydrogen-bond acceptors (Lipinski definition) is 2. The molecule has 0 radical (unpaired) electrons. The van der Waals surface area contributed by atoms with Crippen molar-refractivity contribution in [2.75, 3.05) is 11.4 Å². The monoisotopic (exact) mass is 299 g/mol. The molecule has 0 fully saturated rings. The number of amides is 1. The van der Waals surface area contributed by atoms with Crippen molar-refractivity contribution < 1.29 is 14.7 Å². The molecule has 0 aromatic heterocycles. The fourth-order valence-electron chi connectivity index (χ4n) is 3.58. The normalized spacial score (nSPS) is 24.4. The van der Waals surface area contributed by atoms with Crippen LogP contribution in [0.25, 0.3) is 0 Å². The van der Waals surface area contributed by atoms with Gasteiger partial charge in [-0.15, -0.1) is 0 Å². The number of allylic oxidation sites excluding steroid dienone is 2. The second-order valence-electron chi connectivity index (χ2n) is 6.39. The molecule has 4 heteroatoms. The SMILES string of the molecule is CC1=C(C)C[C@@H](C(=O)N2CCc3ccccc32)[C@@H](C(=O)O)C1. The van der Waals surface area contributed by atoms with E-state index in [1.807, 2.05) is 38.1 Å². The van der Waals surface area contributed by atoms with Gasteiger partial charge in [-0.3, -0.25) is 9.59 Å². The third kappa shape index (κ3) is 2.43. The summed E-state index contributed by atoms with van der Waals surface area (Å²) in [5.41, 5.74) is 4.38. The van der Waals surface area contributed by atoms with Gasteiger partial charge in [0.15, 0.2) is 0 Å². The highest BCUT2D eigenvalue weighted by Gasteiger charge is 2.40. The zero-order chi connectivity index (χ0) is 15.9. The number of fused-ring (bicyclic) bond motifs is 1. The van der Waals surface area contributed by atoms with Gasteiger partial charge in [0, 0.05) is 12.2 Å². The standard InChI is InChI=1S/C18H21NO3/c1-11-9-14(15(18(21)22)10-12(11)2)17(20)19-8-7-13-5-3-4-6-16(13)19/h3-6,14-15H,7-10H2,1-2H3,(H,21,22)/t14-,15+/m1/s1. The van der Waals surface area contributed by atoms with Gasteiger partial charge in [0.1, 0.15) is 0 Å². The molecule has 1 aromatic carbocycles. The molecule has 0 saturated heterocycles. The van der Waals surface area contributed by atoms with Crippen molar-refractivity contribution >= 4 is 17.6 Å². The highest BCUT2D eigenvalue weighted by molar-refractivity contribution is 5.99. The maximum atomic E-state index is 13.0. The molecule has 0 saturated carbocycles. The minimum Gasteiger partial charge on any atom is -0.481 e. The quantitative estimate of drug-likeness (QED) is 0.854. The number of nitrogens with zero attached hydrogens (tertiary/aromatic N) is 1. The fourth-order valence-corrected chi connectivity index (χ4v) is 3.58. The van der Waals surface area contributed by atoms with Gasteiger partial charge in [-0.2, -0.15) is 0 Å². The van der Waals surface area contributed by atoms with Gasteiger partial charge < -0.3 is 10.0 Å². The van der Waals surface area contributed by atoms with Crippen molar-refractivity contribution in [1.82, 2.24) is 0 Å². The molecule has 0 bridgehead atoms. The molecule has 1 amide bonds. The summed E-state index contributed by atoms with van der Waals surface area (Å²) in [7, 11) is 0. The first kappa shape index (κ1) is 14.8. The van der Waals surface area contributed by atoms with Gasteiger partial charge in [0.25, 0.3) is 0 Å². The molecular formula is C18H21NO3. The summed E-state index contributed by atoms with van der Waals surface area (Å²) in [6, 6.07) is 7.89. The lowest BCUT2D eigenvalue weighted by atomic mass is 9.76. The number of aliphatic carboxylic acids is 1. The highest BCUT2D eigenvalue weighted by atomic mass is 16.4. The van der Waals surface area contributed by atoms with Gasteiger partial charge in [-0.25, -0.2) is 0 Å². The predicted molar refractivity (Wildman–Crippen MR) is 84.7 cm³/mol. The highest BCUT2D eigenvalue weighted by Crippen LogP contribution is 2.38. The third-order valence-corrected chi connectivity index (χ3v) is 5.05. The molecule has 0 spiro atoms. The van der Waals surface area contributed by atoms with Crippen LogP contribution in [0.1, 0.15) is 32.3 Å². The summed E-state index contributed by atoms with van der Waals surface area (Å²) in [4.78, 5) is 26.3. The second kappa shape index (κ2) is 5.59. The Labute approximate surface area is 130 Å². The number of carboxylic acids is 1. The van der Waals surface area contributed by atoms with E-state index in [2.05, 4.69) is 0 Å². The summed E-state index contributed by atoms with van der Waals surface area (Å²) in [5, 5.41) is 9.51. The van der Waals surface area contributed by atoms with Gasteiger partial charge in [0.2, 0.25) is 5.91 Å². The Morgan fingerprint density at radius 2 is 1.73 bits per heavy atom. The first-order valence-corrected chi connectivity index (χ1v) is 7.76. The summed E-state index contributed by atoms with van der Waals surface area (Å²) >= 11 is 0. The fraction of sp³-hybridized carbons (Fsp3) is 0.444. The van der Waals surface area contributed by atoms with Crippen molar-refractivity contribution in [1.29, 1.82) is 0 Å². The molecule has 0 unspecified atom stereocenters. The zero-order valence-electron chi connectivity index (χ0n) is 13.0.